The summed E-state index contributed by atoms with van der Waals surface area (Å²) >= 11 is 0. The summed E-state index contributed by atoms with van der Waals surface area (Å²) < 4.78 is 53.3. The molecule has 5 aliphatic heterocycles. The van der Waals surface area contributed by atoms with Crippen LogP contribution < -0.4 is 0 Å². The Bertz CT molecular complexity index is 2260. The lowest BCUT2D eigenvalue weighted by molar-refractivity contribution is -0.266. The zero-order valence-electron chi connectivity index (χ0n) is 51.2. The van der Waals surface area contributed by atoms with Crippen LogP contribution in [-0.2, 0) is 66.6 Å². The van der Waals surface area contributed by atoms with Crippen molar-refractivity contribution < 1.29 is 81.6 Å². The molecule has 0 aromatic heterocycles. The summed E-state index contributed by atoms with van der Waals surface area (Å²) in [6, 6.07) is -1.19. The quantitative estimate of drug-likeness (QED) is 0.0831. The van der Waals surface area contributed by atoms with E-state index >= 15 is 0 Å². The molecule has 6 rings (SSSR count). The van der Waals surface area contributed by atoms with Gasteiger partial charge in [0, 0.05) is 84.6 Å². The molecule has 4 saturated heterocycles. The maximum absolute atomic E-state index is 14.7. The number of hydrogen-bond acceptors (Lipinski definition) is 18. The molecule has 2 amide bonds. The van der Waals surface area contributed by atoms with Crippen LogP contribution in [0.3, 0.4) is 0 Å². The van der Waals surface area contributed by atoms with E-state index < -0.39 is 102 Å². The van der Waals surface area contributed by atoms with Gasteiger partial charge in [0.1, 0.15) is 42.3 Å². The molecule has 1 unspecified atom stereocenters. The fourth-order valence-corrected chi connectivity index (χ4v) is 12.3. The van der Waals surface area contributed by atoms with Crippen molar-refractivity contribution in [3.05, 3.63) is 47.6 Å². The topological polar surface area (TPSA) is 236 Å². The van der Waals surface area contributed by atoms with Crippen molar-refractivity contribution in [1.82, 2.24) is 14.7 Å². The van der Waals surface area contributed by atoms with Crippen molar-refractivity contribution in [2.75, 3.05) is 93.6 Å². The molecule has 0 aromatic carbocycles. The van der Waals surface area contributed by atoms with E-state index in [1.165, 1.54) is 12.0 Å². The lowest BCUT2D eigenvalue weighted by atomic mass is 9.78. The van der Waals surface area contributed by atoms with Crippen molar-refractivity contribution >= 4 is 35.3 Å². The second-order valence-corrected chi connectivity index (χ2v) is 24.5. The van der Waals surface area contributed by atoms with Crippen LogP contribution in [0.1, 0.15) is 126 Å². The maximum Gasteiger partial charge on any atom is 0.409 e. The molecule has 468 valence electrons. The Labute approximate surface area is 492 Å². The predicted molar refractivity (Wildman–Crippen MR) is 309 cm³/mol. The Morgan fingerprint density at radius 3 is 2.28 bits per heavy atom. The monoisotopic (exact) mass is 1170 g/mol. The van der Waals surface area contributed by atoms with Gasteiger partial charge in [0.25, 0.3) is 11.7 Å². The van der Waals surface area contributed by atoms with E-state index in [1.807, 2.05) is 58.1 Å². The first-order valence-corrected chi connectivity index (χ1v) is 30.6. The fraction of sp³-hybridized carbons (Fsp3) is 0.778. The number of aliphatic hydroxyl groups is 2. The van der Waals surface area contributed by atoms with Crippen LogP contribution in [-0.4, -0.2) is 215 Å². The third kappa shape index (κ3) is 19.4. The van der Waals surface area contributed by atoms with Crippen molar-refractivity contribution in [1.29, 1.82) is 0 Å². The van der Waals surface area contributed by atoms with Crippen LogP contribution >= 0.6 is 0 Å². The molecule has 2 N–H and O–H groups in total. The lowest BCUT2D eigenvalue weighted by Gasteiger charge is -2.43. The number of fused-ring (bicyclic) bond motifs is 3. The van der Waals surface area contributed by atoms with E-state index in [-0.39, 0.29) is 61.9 Å². The number of hydrogen-bond donors (Lipinski definition) is 2. The van der Waals surface area contributed by atoms with Crippen LogP contribution in [0.5, 0.6) is 0 Å². The Kier molecular flexibility index (Phi) is 27.0. The number of piperidine rings is 1. The zero-order chi connectivity index (χ0) is 60.4. The van der Waals surface area contributed by atoms with Crippen LogP contribution in [0.2, 0.25) is 0 Å². The number of Topliss-reactive ketones (excluding diaryl/α,β-unsaturated/α-hetero) is 3. The van der Waals surface area contributed by atoms with Gasteiger partial charge in [-0.3, -0.25) is 24.1 Å². The van der Waals surface area contributed by atoms with Crippen LogP contribution in [0.15, 0.2) is 47.6 Å². The fourth-order valence-electron chi connectivity index (χ4n) is 12.3. The normalized spacial score (nSPS) is 36.5. The molecule has 0 aromatic rings. The second-order valence-electron chi connectivity index (χ2n) is 24.5. The van der Waals surface area contributed by atoms with Crippen LogP contribution in [0.4, 0.5) is 4.79 Å². The van der Waals surface area contributed by atoms with E-state index in [4.69, 9.17) is 42.6 Å². The number of esters is 1. The number of likely N-dealkylation sites (N-methyl/N-ethyl adjacent to an activating group) is 1. The number of aliphatic hydroxyl groups excluding tert-OH is 1. The van der Waals surface area contributed by atoms with Gasteiger partial charge in [-0.2, -0.15) is 0 Å². The highest BCUT2D eigenvalue weighted by Gasteiger charge is 2.53. The zero-order valence-corrected chi connectivity index (χ0v) is 51.2. The number of ketones is 3. The highest BCUT2D eigenvalue weighted by molar-refractivity contribution is 6.39. The van der Waals surface area contributed by atoms with Gasteiger partial charge in [-0.05, 0) is 107 Å². The van der Waals surface area contributed by atoms with E-state index in [9.17, 15) is 39.0 Å². The molecule has 0 radical (unpaired) electrons. The maximum atomic E-state index is 14.7. The molecule has 0 spiro atoms. The van der Waals surface area contributed by atoms with Crippen LogP contribution in [0, 0.1) is 35.5 Å². The van der Waals surface area contributed by atoms with E-state index in [1.54, 1.807) is 45.9 Å². The minimum atomic E-state index is -2.50. The second kappa shape index (κ2) is 33.1. The number of morpholine rings is 1. The molecule has 2 bridgehead atoms. The van der Waals surface area contributed by atoms with Gasteiger partial charge in [-0.1, -0.05) is 71.1 Å². The number of rotatable bonds is 14. The van der Waals surface area contributed by atoms with E-state index in [0.717, 1.165) is 18.7 Å². The predicted octanol–water partition coefficient (Wildman–Crippen LogP) is 6.37. The molecule has 83 heavy (non-hydrogen) atoms. The molecule has 20 nitrogen and oxygen atoms in total. The van der Waals surface area contributed by atoms with Gasteiger partial charge in [-0.25, -0.2) is 9.59 Å². The van der Waals surface area contributed by atoms with Gasteiger partial charge in [0.15, 0.2) is 5.78 Å². The van der Waals surface area contributed by atoms with E-state index in [2.05, 4.69) is 4.90 Å². The average Bonchev–Trinajstić information content (AvgIpc) is 3.63. The molecule has 6 aliphatic rings. The molecular weight excluding hydrogens is 1070 g/mol. The van der Waals surface area contributed by atoms with Gasteiger partial charge < -0.3 is 62.6 Å². The average molecular weight is 1170 g/mol. The largest absolute Gasteiger partial charge is 0.460 e. The Morgan fingerprint density at radius 1 is 0.843 bits per heavy atom. The van der Waals surface area contributed by atoms with Gasteiger partial charge in [0.2, 0.25) is 5.79 Å². The third-order valence-corrected chi connectivity index (χ3v) is 18.0. The lowest BCUT2D eigenvalue weighted by Crippen LogP contribution is -2.61. The number of carbonyl (C=O) groups is 6. The van der Waals surface area contributed by atoms with Gasteiger partial charge in [-0.15, -0.1) is 0 Å². The molecule has 20 heteroatoms. The summed E-state index contributed by atoms with van der Waals surface area (Å²) in [6.07, 6.45) is 10.0. The Balaban J connectivity index is 1.24. The summed E-state index contributed by atoms with van der Waals surface area (Å²) in [5.74, 6) is -8.48. The smallest absolute Gasteiger partial charge is 0.409 e. The summed E-state index contributed by atoms with van der Waals surface area (Å²) in [4.78, 5) is 90.6. The molecule has 5 heterocycles. The number of nitrogens with zero attached hydrogens (tertiary/aromatic N) is 3. The van der Waals surface area contributed by atoms with Crippen molar-refractivity contribution in [3.8, 4) is 0 Å². The number of carbonyl (C=O) groups excluding carboxylic acids is 6. The molecule has 15 atom stereocenters. The number of ether oxygens (including phenoxy) is 9. The molecular formula is C63H99N3O17. The first-order valence-electron chi connectivity index (χ1n) is 30.6. The number of amides is 2. The van der Waals surface area contributed by atoms with Crippen molar-refractivity contribution in [2.45, 2.75) is 186 Å². The Hall–Kier alpha value is -4.22. The van der Waals surface area contributed by atoms with Gasteiger partial charge >= 0.3 is 12.1 Å². The number of cyclic esters (lactones) is 1. The molecule has 1 saturated carbocycles. The Morgan fingerprint density at radius 2 is 1.58 bits per heavy atom. The first kappa shape index (κ1) is 67.9. The summed E-state index contributed by atoms with van der Waals surface area (Å²) in [5.41, 5.74) is 1.22. The van der Waals surface area contributed by atoms with Crippen molar-refractivity contribution in [3.63, 3.8) is 0 Å². The van der Waals surface area contributed by atoms with Gasteiger partial charge in [0.05, 0.1) is 58.0 Å². The highest BCUT2D eigenvalue weighted by Crippen LogP contribution is 2.38. The first-order chi connectivity index (χ1) is 39.6. The van der Waals surface area contributed by atoms with Crippen LogP contribution in [0.25, 0.3) is 0 Å². The summed E-state index contributed by atoms with van der Waals surface area (Å²) in [7, 11) is 4.70. The minimum Gasteiger partial charge on any atom is -0.460 e. The molecule has 1 aliphatic carbocycles. The number of allylic oxidation sites excluding steroid dienone is 6. The molecule has 5 fully saturated rings. The standard InChI is InChI=1S/C63H99N3O17/c1-40-16-12-11-13-17-41(2)53(80-31-30-79-49-38-78-39-49)36-48-21-19-46(7)63(74,83-48)59(70)60(71)66-23-15-14-18-50(66)61(72)81-54(37-51(67)42(3)33-45(6)57(69)58(76-10)56(68)44(5)32-40)43(4)34-47-20-22-52(55(35-47)75-9)82-62(73)64(8)24-25-65-26-28-77-29-27-65/h11-13,16-17,33,40,42-44,46-50,52-55,57-58,69,74H,14-15,18-32,34-39H2,1-10H3/b13-11+,16-12+,41-17+,45-33+/t40-,42-,43-,44-,46-,47+,48+,50+,52-,53?,54+,55-,57-,58+,63-/m1/s1. The summed E-state index contributed by atoms with van der Waals surface area (Å²) in [6.45, 7) is 18.5. The van der Waals surface area contributed by atoms with Crippen molar-refractivity contribution in [2.24, 2.45) is 35.5 Å². The SMILES string of the molecule is CO[C@@H]1C[C@H](C[C@@H](C)[C@@H]2CC(=O)[C@H](C)/C=C(\C)[C@@H](O)[C@@H](OC)C(=O)[C@H](C)C[C@H](C)/C=C/C=C/C=C(\C)C(OCCOC3COC3)C[C@@H]3CC[C@@H](C)[C@@](O)(O3)C(=O)C(=O)N3CCCC[C@H]3C(=O)O2)CC[C@H]1OC(=O)N(C)CCN1CCOCC1. The third-order valence-electron chi connectivity index (χ3n) is 18.0. The van der Waals surface area contributed by atoms with E-state index in [0.29, 0.717) is 109 Å². The highest BCUT2D eigenvalue weighted by atomic mass is 16.6. The summed E-state index contributed by atoms with van der Waals surface area (Å²) in [5, 5.41) is 23.9. The minimum absolute atomic E-state index is 0.00821. The number of methoxy groups -OCH3 is 2.